The molecular formula is C30H48O4. The zero-order valence-corrected chi connectivity index (χ0v) is 22.4. The molecule has 11 atom stereocenters. The second kappa shape index (κ2) is 7.34. The fourth-order valence-corrected chi connectivity index (χ4v) is 11.7. The molecular weight excluding hydrogens is 424 g/mol. The third-order valence-electron chi connectivity index (χ3n) is 13.4. The van der Waals surface area contributed by atoms with E-state index in [2.05, 4.69) is 48.1 Å². The largest absolute Gasteiger partial charge is 0.481 e. The van der Waals surface area contributed by atoms with Crippen LogP contribution in [0, 0.1) is 56.7 Å². The molecule has 0 aromatic heterocycles. The first kappa shape index (κ1) is 24.8. The van der Waals surface area contributed by atoms with Gasteiger partial charge < -0.3 is 15.3 Å². The standard InChI is InChI=1S/C30H48O4/c1-17(2)18-10-13-30(25(33)34)15-14-28(6)19(23(18)30)8-9-22-27(5)16-20(31)24(32)26(3,4)21(27)11-12-29(22,28)7/h18-24,31-32H,1,8-16H2,2-7H3,(H,33,34)/t18-,19-,20+,21-,22-,23-,24-,27-,28+,29+,30-/m0/s1. The maximum Gasteiger partial charge on any atom is 0.309 e. The van der Waals surface area contributed by atoms with Crippen LogP contribution in [-0.2, 0) is 4.79 Å². The minimum Gasteiger partial charge on any atom is -0.481 e. The number of carboxylic acid groups (broad SMARTS) is 1. The van der Waals surface area contributed by atoms with Crippen molar-refractivity contribution in [2.75, 3.05) is 0 Å². The highest BCUT2D eigenvalue weighted by Gasteiger charge is 2.72. The minimum atomic E-state index is -0.669. The van der Waals surface area contributed by atoms with Crippen molar-refractivity contribution < 1.29 is 20.1 Å². The Morgan fingerprint density at radius 3 is 2.15 bits per heavy atom. The van der Waals surface area contributed by atoms with Crippen LogP contribution in [0.3, 0.4) is 0 Å². The van der Waals surface area contributed by atoms with Crippen LogP contribution < -0.4 is 0 Å². The van der Waals surface area contributed by atoms with E-state index in [1.165, 1.54) is 5.57 Å². The monoisotopic (exact) mass is 472 g/mol. The first-order valence-corrected chi connectivity index (χ1v) is 13.9. The number of carboxylic acids is 1. The molecule has 0 spiro atoms. The topological polar surface area (TPSA) is 77.8 Å². The summed E-state index contributed by atoms with van der Waals surface area (Å²) in [4.78, 5) is 12.8. The van der Waals surface area contributed by atoms with Crippen molar-refractivity contribution >= 4 is 5.97 Å². The van der Waals surface area contributed by atoms with Gasteiger partial charge in [-0.15, -0.1) is 0 Å². The van der Waals surface area contributed by atoms with Gasteiger partial charge in [-0.25, -0.2) is 0 Å². The average Bonchev–Trinajstić information content (AvgIpc) is 3.14. The molecule has 0 bridgehead atoms. The first-order chi connectivity index (χ1) is 15.7. The van der Waals surface area contributed by atoms with Gasteiger partial charge in [0.05, 0.1) is 17.6 Å². The molecule has 0 amide bonds. The number of aliphatic carboxylic acids is 1. The predicted octanol–water partition coefficient (Wildman–Crippen LogP) is 6.06. The van der Waals surface area contributed by atoms with Crippen LogP contribution in [-0.4, -0.2) is 33.5 Å². The van der Waals surface area contributed by atoms with Gasteiger partial charge in [-0.2, -0.15) is 0 Å². The lowest BCUT2D eigenvalue weighted by Crippen LogP contribution is -2.68. The normalized spacial score (nSPS) is 55.9. The van der Waals surface area contributed by atoms with Crippen LogP contribution in [0.5, 0.6) is 0 Å². The molecule has 5 fully saturated rings. The molecule has 0 aromatic rings. The van der Waals surface area contributed by atoms with Gasteiger partial charge in [0.2, 0.25) is 0 Å². The summed E-state index contributed by atoms with van der Waals surface area (Å²) in [6.45, 7) is 18.2. The van der Waals surface area contributed by atoms with Gasteiger partial charge in [0, 0.05) is 0 Å². The molecule has 192 valence electrons. The zero-order chi connectivity index (χ0) is 25.1. The third kappa shape index (κ3) is 2.76. The van der Waals surface area contributed by atoms with Crippen LogP contribution >= 0.6 is 0 Å². The summed E-state index contributed by atoms with van der Waals surface area (Å²) < 4.78 is 0. The van der Waals surface area contributed by atoms with Gasteiger partial charge in [0.25, 0.3) is 0 Å². The number of rotatable bonds is 2. The highest BCUT2D eigenvalue weighted by molar-refractivity contribution is 5.76. The van der Waals surface area contributed by atoms with Crippen LogP contribution in [0.2, 0.25) is 0 Å². The van der Waals surface area contributed by atoms with E-state index in [4.69, 9.17) is 0 Å². The van der Waals surface area contributed by atoms with E-state index >= 15 is 0 Å². The van der Waals surface area contributed by atoms with Crippen molar-refractivity contribution in [2.45, 2.75) is 112 Å². The average molecular weight is 473 g/mol. The number of fused-ring (bicyclic) bond motifs is 7. The van der Waals surface area contributed by atoms with Crippen molar-refractivity contribution in [3.05, 3.63) is 12.2 Å². The lowest BCUT2D eigenvalue weighted by atomic mass is 9.32. The van der Waals surface area contributed by atoms with E-state index in [1.807, 2.05) is 0 Å². The first-order valence-electron chi connectivity index (χ1n) is 13.9. The Labute approximate surface area is 206 Å². The Bertz CT molecular complexity index is 894. The molecule has 5 rings (SSSR count). The molecule has 0 aromatic carbocycles. The van der Waals surface area contributed by atoms with Crippen molar-refractivity contribution in [1.29, 1.82) is 0 Å². The maximum atomic E-state index is 12.8. The molecule has 34 heavy (non-hydrogen) atoms. The molecule has 4 heteroatoms. The third-order valence-corrected chi connectivity index (χ3v) is 13.4. The summed E-state index contributed by atoms with van der Waals surface area (Å²) in [5, 5.41) is 32.4. The smallest absolute Gasteiger partial charge is 0.309 e. The number of hydrogen-bond acceptors (Lipinski definition) is 3. The number of aliphatic hydroxyl groups excluding tert-OH is 2. The van der Waals surface area contributed by atoms with E-state index in [-0.39, 0.29) is 27.6 Å². The predicted molar refractivity (Wildman–Crippen MR) is 134 cm³/mol. The quantitative estimate of drug-likeness (QED) is 0.427. The Kier molecular flexibility index (Phi) is 5.36. The lowest BCUT2D eigenvalue weighted by molar-refractivity contribution is -0.263. The molecule has 5 saturated carbocycles. The number of allylic oxidation sites excluding steroid dienone is 1. The van der Waals surface area contributed by atoms with Crippen LogP contribution in [0.1, 0.15) is 99.3 Å². The summed E-state index contributed by atoms with van der Waals surface area (Å²) in [6, 6.07) is 0. The zero-order valence-electron chi connectivity index (χ0n) is 22.4. The van der Waals surface area contributed by atoms with Crippen LogP contribution in [0.15, 0.2) is 12.2 Å². The molecule has 4 nitrogen and oxygen atoms in total. The summed E-state index contributed by atoms with van der Waals surface area (Å²) >= 11 is 0. The van der Waals surface area contributed by atoms with E-state index in [0.717, 1.165) is 51.4 Å². The van der Waals surface area contributed by atoms with Gasteiger partial charge in [-0.3, -0.25) is 4.79 Å². The Hall–Kier alpha value is -0.870. The van der Waals surface area contributed by atoms with Crippen molar-refractivity contribution in [3.8, 4) is 0 Å². The number of carbonyl (C=O) groups is 1. The number of hydrogen-bond donors (Lipinski definition) is 3. The molecule has 5 aliphatic carbocycles. The summed E-state index contributed by atoms with van der Waals surface area (Å²) in [5.41, 5.74) is 0.501. The molecule has 0 aliphatic heterocycles. The molecule has 0 unspecified atom stereocenters. The summed E-state index contributed by atoms with van der Waals surface area (Å²) in [7, 11) is 0. The van der Waals surface area contributed by atoms with Gasteiger partial charge in [0.1, 0.15) is 0 Å². The molecule has 0 heterocycles. The van der Waals surface area contributed by atoms with Crippen LogP contribution in [0.4, 0.5) is 0 Å². The lowest BCUT2D eigenvalue weighted by Gasteiger charge is -2.73. The van der Waals surface area contributed by atoms with Gasteiger partial charge in [-0.05, 0) is 116 Å². The summed E-state index contributed by atoms with van der Waals surface area (Å²) in [5.74, 6) is 1.24. The van der Waals surface area contributed by atoms with Crippen molar-refractivity contribution in [1.82, 2.24) is 0 Å². The maximum absolute atomic E-state index is 12.8. The minimum absolute atomic E-state index is 0.00606. The highest BCUT2D eigenvalue weighted by atomic mass is 16.4. The Balaban J connectivity index is 1.57. The Morgan fingerprint density at radius 2 is 1.53 bits per heavy atom. The van der Waals surface area contributed by atoms with Gasteiger partial charge >= 0.3 is 5.97 Å². The second-order valence-electron chi connectivity index (χ2n) is 14.7. The summed E-state index contributed by atoms with van der Waals surface area (Å²) in [6.07, 6.45) is 7.32. The molecule has 5 aliphatic rings. The second-order valence-corrected chi connectivity index (χ2v) is 14.7. The molecule has 0 saturated heterocycles. The van der Waals surface area contributed by atoms with E-state index in [9.17, 15) is 20.1 Å². The van der Waals surface area contributed by atoms with E-state index in [0.29, 0.717) is 30.1 Å². The van der Waals surface area contributed by atoms with E-state index in [1.54, 1.807) is 0 Å². The fraction of sp³-hybridized carbons (Fsp3) is 0.900. The van der Waals surface area contributed by atoms with Crippen molar-refractivity contribution in [3.63, 3.8) is 0 Å². The SMILES string of the molecule is C=C(C)[C@@H]1CC[C@]2(C(=O)O)CC[C@]3(C)[C@@H](CC[C@H]4[C@@]5(C)C[C@@H](O)[C@H](O)C(C)(C)[C@@H]5CC[C@]43C)[C@H]12. The Morgan fingerprint density at radius 1 is 0.853 bits per heavy atom. The van der Waals surface area contributed by atoms with Gasteiger partial charge in [0.15, 0.2) is 0 Å². The number of aliphatic hydroxyl groups is 2. The van der Waals surface area contributed by atoms with Crippen molar-refractivity contribution in [2.24, 2.45) is 56.7 Å². The molecule has 0 radical (unpaired) electrons. The van der Waals surface area contributed by atoms with Crippen LogP contribution in [0.25, 0.3) is 0 Å². The molecule has 3 N–H and O–H groups in total. The van der Waals surface area contributed by atoms with E-state index < -0.39 is 23.6 Å². The fourth-order valence-electron chi connectivity index (χ4n) is 11.7. The highest BCUT2D eigenvalue weighted by Crippen LogP contribution is 2.77. The van der Waals surface area contributed by atoms with Gasteiger partial charge in [-0.1, -0.05) is 46.8 Å².